The number of hydrogen-bond acceptors (Lipinski definition) is 8. The second kappa shape index (κ2) is 6.04. The number of nitriles is 1. The molecular weight excluding hydrogens is 296 g/mol. The van der Waals surface area contributed by atoms with E-state index in [2.05, 4.69) is 16.2 Å². The molecule has 1 aromatic heterocycles. The maximum Gasteiger partial charge on any atom is 0.228 e. The molecule has 1 aromatic carbocycles. The molecule has 0 radical (unpaired) electrons. The number of ether oxygens (including phenoxy) is 2. The van der Waals surface area contributed by atoms with E-state index >= 15 is 0 Å². The molecule has 0 spiro atoms. The molecular formula is C15H18N6O2. The molecule has 1 aliphatic heterocycles. The Kier molecular flexibility index (Phi) is 3.93. The molecule has 1 saturated heterocycles. The van der Waals surface area contributed by atoms with E-state index < -0.39 is 0 Å². The second-order valence-corrected chi connectivity index (χ2v) is 5.21. The SMILES string of the molecule is COc1cc2nc(N3CCN(C#N)CC3)nc(N)c2cc1OC. The Bertz CT molecular complexity index is 765. The molecule has 3 rings (SSSR count). The third-order valence-electron chi connectivity index (χ3n) is 3.92. The van der Waals surface area contributed by atoms with Crippen LogP contribution in [0.15, 0.2) is 12.1 Å². The third kappa shape index (κ3) is 2.73. The summed E-state index contributed by atoms with van der Waals surface area (Å²) in [6.45, 7) is 2.69. The van der Waals surface area contributed by atoms with Crippen LogP contribution in [0.3, 0.4) is 0 Å². The average molecular weight is 314 g/mol. The Morgan fingerprint density at radius 1 is 1.09 bits per heavy atom. The monoisotopic (exact) mass is 314 g/mol. The van der Waals surface area contributed by atoms with Crippen LogP contribution in [0.4, 0.5) is 11.8 Å². The van der Waals surface area contributed by atoms with Gasteiger partial charge in [0.25, 0.3) is 0 Å². The van der Waals surface area contributed by atoms with Gasteiger partial charge in [-0.25, -0.2) is 4.98 Å². The molecule has 0 atom stereocenters. The fourth-order valence-electron chi connectivity index (χ4n) is 2.61. The first-order chi connectivity index (χ1) is 11.2. The largest absolute Gasteiger partial charge is 0.493 e. The highest BCUT2D eigenvalue weighted by molar-refractivity contribution is 5.91. The summed E-state index contributed by atoms with van der Waals surface area (Å²) < 4.78 is 10.6. The van der Waals surface area contributed by atoms with E-state index in [0.29, 0.717) is 55.0 Å². The van der Waals surface area contributed by atoms with Gasteiger partial charge in [0.15, 0.2) is 17.7 Å². The molecule has 23 heavy (non-hydrogen) atoms. The zero-order valence-electron chi connectivity index (χ0n) is 13.1. The van der Waals surface area contributed by atoms with Crippen LogP contribution >= 0.6 is 0 Å². The molecule has 8 heteroatoms. The number of anilines is 2. The number of methoxy groups -OCH3 is 2. The Labute approximate surface area is 134 Å². The van der Waals surface area contributed by atoms with E-state index in [1.54, 1.807) is 31.3 Å². The number of nitrogen functional groups attached to an aromatic ring is 1. The fraction of sp³-hybridized carbons (Fsp3) is 0.400. The van der Waals surface area contributed by atoms with E-state index in [0.717, 1.165) is 5.39 Å². The lowest BCUT2D eigenvalue weighted by atomic mass is 10.2. The summed E-state index contributed by atoms with van der Waals surface area (Å²) in [5.74, 6) is 2.15. The Morgan fingerprint density at radius 3 is 2.35 bits per heavy atom. The van der Waals surface area contributed by atoms with Crippen LogP contribution in [0.5, 0.6) is 11.5 Å². The topological polar surface area (TPSA) is 101 Å². The van der Waals surface area contributed by atoms with Crippen molar-refractivity contribution < 1.29 is 9.47 Å². The van der Waals surface area contributed by atoms with Crippen LogP contribution in [-0.4, -0.2) is 55.3 Å². The lowest BCUT2D eigenvalue weighted by molar-refractivity contribution is 0.355. The first-order valence-electron chi connectivity index (χ1n) is 7.25. The highest BCUT2D eigenvalue weighted by atomic mass is 16.5. The van der Waals surface area contributed by atoms with Crippen LogP contribution in [0, 0.1) is 11.5 Å². The fourth-order valence-corrected chi connectivity index (χ4v) is 2.61. The highest BCUT2D eigenvalue weighted by Gasteiger charge is 2.20. The van der Waals surface area contributed by atoms with Crippen LogP contribution in [0.2, 0.25) is 0 Å². The summed E-state index contributed by atoms with van der Waals surface area (Å²) >= 11 is 0. The minimum atomic E-state index is 0.397. The van der Waals surface area contributed by atoms with Crippen molar-refractivity contribution in [2.45, 2.75) is 0 Å². The van der Waals surface area contributed by atoms with Gasteiger partial charge in [0.2, 0.25) is 5.95 Å². The quantitative estimate of drug-likeness (QED) is 0.832. The first kappa shape index (κ1) is 15.0. The van der Waals surface area contributed by atoms with E-state index in [9.17, 15) is 0 Å². The van der Waals surface area contributed by atoms with E-state index in [1.807, 2.05) is 4.90 Å². The van der Waals surface area contributed by atoms with Crippen LogP contribution in [0.1, 0.15) is 0 Å². The minimum Gasteiger partial charge on any atom is -0.493 e. The maximum atomic E-state index is 8.92. The summed E-state index contributed by atoms with van der Waals surface area (Å²) in [7, 11) is 3.15. The molecule has 1 fully saturated rings. The van der Waals surface area contributed by atoms with Gasteiger partial charge < -0.3 is 25.0 Å². The molecule has 2 aromatic rings. The van der Waals surface area contributed by atoms with Gasteiger partial charge in [-0.05, 0) is 6.07 Å². The smallest absolute Gasteiger partial charge is 0.228 e. The molecule has 120 valence electrons. The molecule has 2 heterocycles. The van der Waals surface area contributed by atoms with E-state index in [-0.39, 0.29) is 0 Å². The molecule has 0 amide bonds. The van der Waals surface area contributed by atoms with Gasteiger partial charge in [-0.1, -0.05) is 0 Å². The number of fused-ring (bicyclic) bond motifs is 1. The molecule has 1 aliphatic rings. The third-order valence-corrected chi connectivity index (χ3v) is 3.92. The molecule has 8 nitrogen and oxygen atoms in total. The number of aromatic nitrogens is 2. The number of nitrogens with two attached hydrogens (primary N) is 1. The number of nitrogens with zero attached hydrogens (tertiary/aromatic N) is 5. The zero-order chi connectivity index (χ0) is 16.4. The van der Waals surface area contributed by atoms with Crippen LogP contribution in [0.25, 0.3) is 10.9 Å². The van der Waals surface area contributed by atoms with Crippen molar-refractivity contribution in [3.05, 3.63) is 12.1 Å². The van der Waals surface area contributed by atoms with Gasteiger partial charge in [0.1, 0.15) is 5.82 Å². The molecule has 2 N–H and O–H groups in total. The first-order valence-corrected chi connectivity index (χ1v) is 7.25. The van der Waals surface area contributed by atoms with Crippen molar-refractivity contribution in [1.82, 2.24) is 14.9 Å². The van der Waals surface area contributed by atoms with Crippen molar-refractivity contribution in [2.24, 2.45) is 0 Å². The van der Waals surface area contributed by atoms with Gasteiger partial charge >= 0.3 is 0 Å². The van der Waals surface area contributed by atoms with E-state index in [1.165, 1.54) is 0 Å². The van der Waals surface area contributed by atoms with Gasteiger partial charge in [0.05, 0.1) is 19.7 Å². The van der Waals surface area contributed by atoms with Gasteiger partial charge in [0, 0.05) is 37.6 Å². The second-order valence-electron chi connectivity index (χ2n) is 5.21. The standard InChI is InChI=1S/C15H18N6O2/c1-22-12-7-10-11(8-13(12)23-2)18-15(19-14(10)17)21-5-3-20(9-16)4-6-21/h7-8H,3-6H2,1-2H3,(H2,17,18,19). The van der Waals surface area contributed by atoms with Crippen molar-refractivity contribution >= 4 is 22.7 Å². The van der Waals surface area contributed by atoms with Crippen molar-refractivity contribution in [3.63, 3.8) is 0 Å². The number of hydrogen-bond donors (Lipinski definition) is 1. The van der Waals surface area contributed by atoms with Crippen molar-refractivity contribution in [2.75, 3.05) is 51.0 Å². The Hall–Kier alpha value is -2.95. The highest BCUT2D eigenvalue weighted by Crippen LogP contribution is 2.34. The average Bonchev–Trinajstić information content (AvgIpc) is 2.60. The number of piperazine rings is 1. The summed E-state index contributed by atoms with van der Waals surface area (Å²) in [4.78, 5) is 12.7. The molecule has 0 saturated carbocycles. The van der Waals surface area contributed by atoms with Gasteiger partial charge in [-0.3, -0.25) is 0 Å². The maximum absolute atomic E-state index is 8.92. The summed E-state index contributed by atoms with van der Waals surface area (Å²) in [6, 6.07) is 3.57. The minimum absolute atomic E-state index is 0.397. The van der Waals surface area contributed by atoms with E-state index in [4.69, 9.17) is 20.5 Å². The molecule has 0 bridgehead atoms. The van der Waals surface area contributed by atoms with Gasteiger partial charge in [-0.2, -0.15) is 10.2 Å². The predicted octanol–water partition coefficient (Wildman–Crippen LogP) is 0.832. The summed E-state index contributed by atoms with van der Waals surface area (Å²) in [5.41, 5.74) is 6.80. The van der Waals surface area contributed by atoms with Gasteiger partial charge in [-0.15, -0.1) is 0 Å². The van der Waals surface area contributed by atoms with Crippen LogP contribution < -0.4 is 20.1 Å². The zero-order valence-corrected chi connectivity index (χ0v) is 13.1. The summed E-state index contributed by atoms with van der Waals surface area (Å²) in [5, 5.41) is 9.64. The Balaban J connectivity index is 1.99. The summed E-state index contributed by atoms with van der Waals surface area (Å²) in [6.07, 6.45) is 2.16. The van der Waals surface area contributed by atoms with Crippen molar-refractivity contribution in [1.29, 1.82) is 5.26 Å². The number of rotatable bonds is 3. The Morgan fingerprint density at radius 2 is 1.74 bits per heavy atom. The molecule has 0 unspecified atom stereocenters. The van der Waals surface area contributed by atoms with Crippen LogP contribution in [-0.2, 0) is 0 Å². The predicted molar refractivity (Wildman–Crippen MR) is 86.5 cm³/mol. The number of benzene rings is 1. The normalized spacial score (nSPS) is 14.7. The molecule has 0 aliphatic carbocycles. The van der Waals surface area contributed by atoms with Crippen molar-refractivity contribution in [3.8, 4) is 17.7 Å². The lowest BCUT2D eigenvalue weighted by Crippen LogP contribution is -2.45. The lowest BCUT2D eigenvalue weighted by Gasteiger charge is -2.31.